The summed E-state index contributed by atoms with van der Waals surface area (Å²) in [4.78, 5) is 0. The van der Waals surface area contributed by atoms with Crippen LogP contribution in [0.1, 0.15) is 33.6 Å². The molecule has 0 rings (SSSR count). The lowest BCUT2D eigenvalue weighted by atomic mass is 10.2. The molecule has 0 aromatic heterocycles. The van der Waals surface area contributed by atoms with Gasteiger partial charge < -0.3 is 4.74 Å². The topological polar surface area (TPSA) is 9.23 Å². The smallest absolute Gasteiger partial charge is 0.0550 e. The lowest BCUT2D eigenvalue weighted by Gasteiger charge is -2.14. The maximum absolute atomic E-state index is 5.45. The molecule has 0 spiro atoms. The second kappa shape index (κ2) is 4.80. The zero-order chi connectivity index (χ0) is 7.28. The van der Waals surface area contributed by atoms with E-state index in [9.17, 15) is 0 Å². The van der Waals surface area contributed by atoms with Crippen molar-refractivity contribution >= 4 is 0 Å². The van der Waals surface area contributed by atoms with Gasteiger partial charge in [-0.15, -0.1) is 0 Å². The summed E-state index contributed by atoms with van der Waals surface area (Å²) in [5.74, 6) is 0. The summed E-state index contributed by atoms with van der Waals surface area (Å²) in [6.07, 6.45) is 2.76. The number of hydrogen-bond acceptors (Lipinski definition) is 1. The molecular weight excluding hydrogens is 112 g/mol. The molecule has 1 atom stereocenters. The number of rotatable bonds is 4. The molecule has 0 amide bonds. The van der Waals surface area contributed by atoms with Gasteiger partial charge in [0, 0.05) is 0 Å². The monoisotopic (exact) mass is 129 g/mol. The van der Waals surface area contributed by atoms with Gasteiger partial charge in [-0.3, -0.25) is 0 Å². The van der Waals surface area contributed by atoms with Crippen molar-refractivity contribution in [2.75, 3.05) is 0 Å². The first kappa shape index (κ1) is 8.96. The van der Waals surface area contributed by atoms with Gasteiger partial charge in [-0.1, -0.05) is 13.3 Å². The van der Waals surface area contributed by atoms with Gasteiger partial charge >= 0.3 is 0 Å². The van der Waals surface area contributed by atoms with Crippen molar-refractivity contribution in [3.8, 4) is 0 Å². The fraction of sp³-hybridized carbons (Fsp3) is 0.875. The third-order valence-corrected chi connectivity index (χ3v) is 1.12. The quantitative estimate of drug-likeness (QED) is 0.566. The minimum Gasteiger partial charge on any atom is -0.376 e. The first-order valence-corrected chi connectivity index (χ1v) is 3.61. The van der Waals surface area contributed by atoms with Gasteiger partial charge in [0.05, 0.1) is 12.2 Å². The molecular formula is C8H17O. The molecule has 1 unspecified atom stereocenters. The Bertz CT molecular complexity index is 59.6. The summed E-state index contributed by atoms with van der Waals surface area (Å²) in [5, 5.41) is 0. The molecule has 0 fully saturated rings. The number of ether oxygens (including phenoxy) is 1. The fourth-order valence-corrected chi connectivity index (χ4v) is 0.820. The molecule has 0 heterocycles. The van der Waals surface area contributed by atoms with Gasteiger partial charge in [-0.25, -0.2) is 0 Å². The highest BCUT2D eigenvalue weighted by molar-refractivity contribution is 4.52. The van der Waals surface area contributed by atoms with Crippen LogP contribution in [0.2, 0.25) is 0 Å². The van der Waals surface area contributed by atoms with E-state index < -0.39 is 0 Å². The third kappa shape index (κ3) is 5.84. The van der Waals surface area contributed by atoms with E-state index in [1.165, 1.54) is 0 Å². The average molecular weight is 129 g/mol. The second-order valence-electron chi connectivity index (χ2n) is 2.64. The minimum atomic E-state index is 0.353. The van der Waals surface area contributed by atoms with Crippen LogP contribution in [0.4, 0.5) is 0 Å². The van der Waals surface area contributed by atoms with Crippen molar-refractivity contribution in [1.29, 1.82) is 0 Å². The Labute approximate surface area is 58.4 Å². The van der Waals surface area contributed by atoms with Crippen LogP contribution in [0, 0.1) is 6.92 Å². The molecule has 0 aromatic rings. The minimum absolute atomic E-state index is 0.353. The molecule has 0 N–H and O–H groups in total. The Balaban J connectivity index is 3.15. The molecule has 0 aliphatic rings. The molecule has 1 radical (unpaired) electrons. The lowest BCUT2D eigenvalue weighted by molar-refractivity contribution is 0.0149. The summed E-state index contributed by atoms with van der Waals surface area (Å²) in [6.45, 7) is 9.95. The zero-order valence-electron chi connectivity index (χ0n) is 6.68. The van der Waals surface area contributed by atoms with Gasteiger partial charge in [-0.2, -0.15) is 0 Å². The zero-order valence-corrected chi connectivity index (χ0v) is 6.68. The van der Waals surface area contributed by atoms with Crippen molar-refractivity contribution in [1.82, 2.24) is 0 Å². The molecule has 0 saturated heterocycles. The molecule has 0 aromatic carbocycles. The SMILES string of the molecule is [CH2]CCC(C)OC(C)C. The third-order valence-electron chi connectivity index (χ3n) is 1.12. The van der Waals surface area contributed by atoms with E-state index in [-0.39, 0.29) is 0 Å². The van der Waals surface area contributed by atoms with Crippen LogP contribution in [-0.2, 0) is 4.74 Å². The van der Waals surface area contributed by atoms with Crippen LogP contribution < -0.4 is 0 Å². The van der Waals surface area contributed by atoms with E-state index in [1.807, 2.05) is 0 Å². The Morgan fingerprint density at radius 2 is 1.89 bits per heavy atom. The van der Waals surface area contributed by atoms with Crippen LogP contribution in [-0.4, -0.2) is 12.2 Å². The maximum atomic E-state index is 5.45. The summed E-state index contributed by atoms with van der Waals surface area (Å²) >= 11 is 0. The fourth-order valence-electron chi connectivity index (χ4n) is 0.820. The molecule has 1 nitrogen and oxygen atoms in total. The highest BCUT2D eigenvalue weighted by atomic mass is 16.5. The van der Waals surface area contributed by atoms with Crippen molar-refractivity contribution < 1.29 is 4.74 Å². The van der Waals surface area contributed by atoms with E-state index in [1.54, 1.807) is 0 Å². The van der Waals surface area contributed by atoms with E-state index in [0.717, 1.165) is 12.8 Å². The van der Waals surface area contributed by atoms with Gasteiger partial charge in [0.1, 0.15) is 0 Å². The molecule has 9 heavy (non-hydrogen) atoms. The molecule has 55 valence electrons. The van der Waals surface area contributed by atoms with Gasteiger partial charge in [-0.05, 0) is 27.2 Å². The van der Waals surface area contributed by atoms with Crippen LogP contribution in [0.5, 0.6) is 0 Å². The summed E-state index contributed by atoms with van der Waals surface area (Å²) in [5.41, 5.74) is 0. The summed E-state index contributed by atoms with van der Waals surface area (Å²) in [6, 6.07) is 0. The van der Waals surface area contributed by atoms with Crippen LogP contribution in [0.15, 0.2) is 0 Å². The summed E-state index contributed by atoms with van der Waals surface area (Å²) in [7, 11) is 0. The van der Waals surface area contributed by atoms with Crippen molar-refractivity contribution in [3.63, 3.8) is 0 Å². The van der Waals surface area contributed by atoms with Crippen LogP contribution in [0.3, 0.4) is 0 Å². The van der Waals surface area contributed by atoms with Crippen molar-refractivity contribution in [2.24, 2.45) is 0 Å². The Morgan fingerprint density at radius 3 is 2.22 bits per heavy atom. The van der Waals surface area contributed by atoms with Gasteiger partial charge in [0.15, 0.2) is 0 Å². The molecule has 0 aliphatic carbocycles. The van der Waals surface area contributed by atoms with E-state index in [4.69, 9.17) is 4.74 Å². The predicted molar refractivity (Wildman–Crippen MR) is 40.3 cm³/mol. The molecule has 1 heteroatoms. The van der Waals surface area contributed by atoms with E-state index in [2.05, 4.69) is 27.7 Å². The van der Waals surface area contributed by atoms with Crippen LogP contribution >= 0.6 is 0 Å². The average Bonchev–Trinajstić information content (AvgIpc) is 1.63. The summed E-state index contributed by atoms with van der Waals surface area (Å²) < 4.78 is 5.45. The van der Waals surface area contributed by atoms with Crippen molar-refractivity contribution in [2.45, 2.75) is 45.8 Å². The number of hydrogen-bond donors (Lipinski definition) is 0. The highest BCUT2D eigenvalue weighted by Crippen LogP contribution is 2.03. The van der Waals surface area contributed by atoms with Crippen molar-refractivity contribution in [3.05, 3.63) is 6.92 Å². The largest absolute Gasteiger partial charge is 0.376 e. The molecule has 0 bridgehead atoms. The van der Waals surface area contributed by atoms with E-state index >= 15 is 0 Å². The normalized spacial score (nSPS) is 14.3. The Morgan fingerprint density at radius 1 is 1.33 bits per heavy atom. The Hall–Kier alpha value is -0.0400. The van der Waals surface area contributed by atoms with E-state index in [0.29, 0.717) is 12.2 Å². The predicted octanol–water partition coefficient (Wildman–Crippen LogP) is 2.41. The Kier molecular flexibility index (Phi) is 4.78. The molecule has 0 saturated carbocycles. The standard InChI is InChI=1S/C8H17O/c1-5-6-8(4)9-7(2)3/h7-8H,1,5-6H2,2-4H3. The molecule has 0 aliphatic heterocycles. The highest BCUT2D eigenvalue weighted by Gasteiger charge is 2.01. The maximum Gasteiger partial charge on any atom is 0.0550 e. The van der Waals surface area contributed by atoms with Gasteiger partial charge in [0.2, 0.25) is 0 Å². The lowest BCUT2D eigenvalue weighted by Crippen LogP contribution is -2.13. The first-order valence-electron chi connectivity index (χ1n) is 3.61. The second-order valence-corrected chi connectivity index (χ2v) is 2.64. The van der Waals surface area contributed by atoms with Gasteiger partial charge in [0.25, 0.3) is 0 Å². The van der Waals surface area contributed by atoms with Crippen LogP contribution in [0.25, 0.3) is 0 Å². The first-order chi connectivity index (χ1) is 4.16.